The van der Waals surface area contributed by atoms with Crippen molar-refractivity contribution in [2.45, 2.75) is 52.0 Å². The number of hydrogen-bond donors (Lipinski definition) is 1. The number of piperidine rings is 1. The van der Waals surface area contributed by atoms with Gasteiger partial charge in [-0.2, -0.15) is 0 Å². The molecule has 2 rings (SSSR count). The average molecular weight is 238 g/mol. The van der Waals surface area contributed by atoms with E-state index in [2.05, 4.69) is 24.1 Å². The van der Waals surface area contributed by atoms with Crippen LogP contribution in [0.5, 0.6) is 0 Å². The highest BCUT2D eigenvalue weighted by molar-refractivity contribution is 5.76. The van der Waals surface area contributed by atoms with Crippen LogP contribution >= 0.6 is 0 Å². The van der Waals surface area contributed by atoms with Gasteiger partial charge in [-0.3, -0.25) is 4.79 Å². The van der Waals surface area contributed by atoms with E-state index in [9.17, 15) is 4.79 Å². The molecule has 1 saturated heterocycles. The van der Waals surface area contributed by atoms with E-state index in [1.807, 2.05) is 0 Å². The minimum Gasteiger partial charge on any atom is -0.340 e. The Bertz CT molecular complexity index is 255. The molecule has 1 heterocycles. The van der Waals surface area contributed by atoms with E-state index in [0.29, 0.717) is 17.9 Å². The zero-order valence-corrected chi connectivity index (χ0v) is 11.2. The molecule has 0 aromatic rings. The lowest BCUT2D eigenvalue weighted by molar-refractivity contribution is -0.134. The largest absolute Gasteiger partial charge is 0.340 e. The Labute approximate surface area is 105 Å². The molecular formula is C14H26N2O. The highest BCUT2D eigenvalue weighted by atomic mass is 16.2. The topological polar surface area (TPSA) is 32.3 Å². The molecule has 1 aliphatic heterocycles. The lowest BCUT2D eigenvalue weighted by Crippen LogP contribution is -2.41. The van der Waals surface area contributed by atoms with E-state index < -0.39 is 0 Å². The van der Waals surface area contributed by atoms with Gasteiger partial charge in [0, 0.05) is 19.0 Å². The first-order valence-electron chi connectivity index (χ1n) is 7.17. The van der Waals surface area contributed by atoms with Crippen LogP contribution in [0.4, 0.5) is 0 Å². The van der Waals surface area contributed by atoms with Gasteiger partial charge >= 0.3 is 0 Å². The number of hydrogen-bond acceptors (Lipinski definition) is 2. The molecule has 1 aliphatic carbocycles. The first kappa shape index (κ1) is 12.9. The van der Waals surface area contributed by atoms with Crippen LogP contribution in [0.25, 0.3) is 0 Å². The van der Waals surface area contributed by atoms with Crippen molar-refractivity contribution in [1.82, 2.24) is 10.2 Å². The molecule has 2 aliphatic rings. The van der Waals surface area contributed by atoms with Gasteiger partial charge in [0.05, 0.1) is 0 Å². The SMILES string of the molecule is CC(C)N(CC1CC1)C(=O)CC1CCCNC1. The normalized spacial score (nSPS) is 25.0. The third-order valence-corrected chi connectivity index (χ3v) is 3.96. The molecule has 3 nitrogen and oxygen atoms in total. The maximum atomic E-state index is 12.3. The summed E-state index contributed by atoms with van der Waals surface area (Å²) in [6, 6.07) is 0.361. The van der Waals surface area contributed by atoms with Crippen LogP contribution < -0.4 is 5.32 Å². The summed E-state index contributed by atoms with van der Waals surface area (Å²) < 4.78 is 0. The van der Waals surface area contributed by atoms with Crippen molar-refractivity contribution in [3.8, 4) is 0 Å². The van der Waals surface area contributed by atoms with Gasteiger partial charge in [-0.1, -0.05) is 0 Å². The highest BCUT2D eigenvalue weighted by Crippen LogP contribution is 2.30. The summed E-state index contributed by atoms with van der Waals surface area (Å²) in [6.07, 6.45) is 5.83. The molecular weight excluding hydrogens is 212 g/mol. The number of nitrogens with one attached hydrogen (secondary N) is 1. The Hall–Kier alpha value is -0.570. The number of carbonyl (C=O) groups excluding carboxylic acids is 1. The van der Waals surface area contributed by atoms with Crippen LogP contribution in [0.1, 0.15) is 46.0 Å². The van der Waals surface area contributed by atoms with Gasteiger partial charge in [0.25, 0.3) is 0 Å². The molecule has 0 aromatic heterocycles. The van der Waals surface area contributed by atoms with E-state index in [0.717, 1.165) is 32.0 Å². The molecule has 0 spiro atoms. The van der Waals surface area contributed by atoms with Gasteiger partial charge in [0.2, 0.25) is 5.91 Å². The molecule has 1 atom stereocenters. The van der Waals surface area contributed by atoms with Crippen molar-refractivity contribution in [2.24, 2.45) is 11.8 Å². The van der Waals surface area contributed by atoms with Crippen LogP contribution in [-0.2, 0) is 4.79 Å². The van der Waals surface area contributed by atoms with Crippen LogP contribution in [0, 0.1) is 11.8 Å². The molecule has 1 amide bonds. The minimum atomic E-state index is 0.361. The first-order valence-corrected chi connectivity index (χ1v) is 7.17. The molecule has 0 radical (unpaired) electrons. The molecule has 3 heteroatoms. The van der Waals surface area contributed by atoms with E-state index in [1.54, 1.807) is 0 Å². The number of rotatable bonds is 5. The van der Waals surface area contributed by atoms with Crippen molar-refractivity contribution < 1.29 is 4.79 Å². The standard InChI is InChI=1S/C14H26N2O/c1-11(2)16(10-12-5-6-12)14(17)8-13-4-3-7-15-9-13/h11-13,15H,3-10H2,1-2H3. The van der Waals surface area contributed by atoms with Gasteiger partial charge < -0.3 is 10.2 Å². The van der Waals surface area contributed by atoms with Gasteiger partial charge in [0.15, 0.2) is 0 Å². The Morgan fingerprint density at radius 1 is 1.29 bits per heavy atom. The fourth-order valence-corrected chi connectivity index (χ4v) is 2.64. The van der Waals surface area contributed by atoms with Crippen LogP contribution in [-0.4, -0.2) is 36.5 Å². The molecule has 1 N–H and O–H groups in total. The summed E-state index contributed by atoms with van der Waals surface area (Å²) in [4.78, 5) is 14.4. The zero-order chi connectivity index (χ0) is 12.3. The average Bonchev–Trinajstić information content (AvgIpc) is 3.10. The quantitative estimate of drug-likeness (QED) is 0.795. The fraction of sp³-hybridized carbons (Fsp3) is 0.929. The van der Waals surface area contributed by atoms with Gasteiger partial charge in [-0.25, -0.2) is 0 Å². The van der Waals surface area contributed by atoms with E-state index in [-0.39, 0.29) is 0 Å². The molecule has 1 unspecified atom stereocenters. The predicted octanol–water partition coefficient (Wildman–Crippen LogP) is 2.02. The third-order valence-electron chi connectivity index (χ3n) is 3.96. The van der Waals surface area contributed by atoms with Gasteiger partial charge in [0.1, 0.15) is 0 Å². The second-order valence-electron chi connectivity index (χ2n) is 6.00. The summed E-state index contributed by atoms with van der Waals surface area (Å²) in [5.74, 6) is 1.74. The summed E-state index contributed by atoms with van der Waals surface area (Å²) in [5, 5.41) is 3.39. The minimum absolute atomic E-state index is 0.361. The first-order chi connectivity index (χ1) is 8.16. The Balaban J connectivity index is 1.81. The Kier molecular flexibility index (Phi) is 4.43. The monoisotopic (exact) mass is 238 g/mol. The number of nitrogens with zero attached hydrogens (tertiary/aromatic N) is 1. The van der Waals surface area contributed by atoms with Gasteiger partial charge in [-0.15, -0.1) is 0 Å². The van der Waals surface area contributed by atoms with Crippen molar-refractivity contribution in [1.29, 1.82) is 0 Å². The lowest BCUT2D eigenvalue weighted by Gasteiger charge is -2.30. The van der Waals surface area contributed by atoms with E-state index >= 15 is 0 Å². The molecule has 0 aromatic carbocycles. The fourth-order valence-electron chi connectivity index (χ4n) is 2.64. The molecule has 17 heavy (non-hydrogen) atoms. The zero-order valence-electron chi connectivity index (χ0n) is 11.2. The van der Waals surface area contributed by atoms with Crippen LogP contribution in [0.2, 0.25) is 0 Å². The Morgan fingerprint density at radius 3 is 2.59 bits per heavy atom. The summed E-state index contributed by atoms with van der Waals surface area (Å²) >= 11 is 0. The van der Waals surface area contributed by atoms with Crippen molar-refractivity contribution in [3.05, 3.63) is 0 Å². The smallest absolute Gasteiger partial charge is 0.223 e. The second-order valence-corrected chi connectivity index (χ2v) is 6.00. The summed E-state index contributed by atoms with van der Waals surface area (Å²) in [6.45, 7) is 7.43. The third kappa shape index (κ3) is 3.98. The number of amides is 1. The Morgan fingerprint density at radius 2 is 2.06 bits per heavy atom. The predicted molar refractivity (Wildman–Crippen MR) is 69.8 cm³/mol. The van der Waals surface area contributed by atoms with Crippen LogP contribution in [0.3, 0.4) is 0 Å². The maximum Gasteiger partial charge on any atom is 0.223 e. The van der Waals surface area contributed by atoms with Crippen molar-refractivity contribution in [2.75, 3.05) is 19.6 Å². The van der Waals surface area contributed by atoms with Crippen molar-refractivity contribution >= 4 is 5.91 Å². The summed E-state index contributed by atoms with van der Waals surface area (Å²) in [7, 11) is 0. The maximum absolute atomic E-state index is 12.3. The number of carbonyl (C=O) groups is 1. The van der Waals surface area contributed by atoms with Gasteiger partial charge in [-0.05, 0) is 64.5 Å². The van der Waals surface area contributed by atoms with Crippen molar-refractivity contribution in [3.63, 3.8) is 0 Å². The van der Waals surface area contributed by atoms with Crippen LogP contribution in [0.15, 0.2) is 0 Å². The van der Waals surface area contributed by atoms with E-state index in [1.165, 1.54) is 25.7 Å². The summed E-state index contributed by atoms with van der Waals surface area (Å²) in [5.41, 5.74) is 0. The second kappa shape index (κ2) is 5.85. The highest BCUT2D eigenvalue weighted by Gasteiger charge is 2.29. The lowest BCUT2D eigenvalue weighted by atomic mass is 9.95. The molecule has 98 valence electrons. The molecule has 2 fully saturated rings. The molecule has 0 bridgehead atoms. The van der Waals surface area contributed by atoms with E-state index in [4.69, 9.17) is 0 Å². The molecule has 1 saturated carbocycles.